The van der Waals surface area contributed by atoms with Crippen LogP contribution in [0.4, 0.5) is 0 Å². The van der Waals surface area contributed by atoms with Crippen molar-refractivity contribution in [3.63, 3.8) is 0 Å². The Kier molecular flexibility index (Phi) is 11.4. The van der Waals surface area contributed by atoms with Gasteiger partial charge in [-0.3, -0.25) is 4.90 Å². The lowest BCUT2D eigenvalue weighted by atomic mass is 9.93. The highest BCUT2D eigenvalue weighted by molar-refractivity contribution is 5.14. The van der Waals surface area contributed by atoms with Gasteiger partial charge >= 0.3 is 0 Å². The molecule has 0 spiro atoms. The Hall–Kier alpha value is -1.76. The summed E-state index contributed by atoms with van der Waals surface area (Å²) in [5, 5.41) is 11.5. The van der Waals surface area contributed by atoms with Gasteiger partial charge in [-0.25, -0.2) is 0 Å². The maximum Gasteiger partial charge on any atom is 0.113 e. The van der Waals surface area contributed by atoms with Crippen LogP contribution in [0.2, 0.25) is 0 Å². The van der Waals surface area contributed by atoms with E-state index in [0.29, 0.717) is 26.4 Å². The monoisotopic (exact) mass is 455 g/mol. The third-order valence-corrected chi connectivity index (χ3v) is 6.29. The normalized spacial score (nSPS) is 23.6. The smallest absolute Gasteiger partial charge is 0.113 e. The molecular formula is C28H41NO4. The van der Waals surface area contributed by atoms with Gasteiger partial charge in [0.1, 0.15) is 12.2 Å². The van der Waals surface area contributed by atoms with Gasteiger partial charge in [-0.05, 0) is 30.5 Å². The molecule has 4 atom stereocenters. The van der Waals surface area contributed by atoms with E-state index >= 15 is 0 Å². The molecule has 2 aromatic rings. The quantitative estimate of drug-likeness (QED) is 0.414. The minimum Gasteiger partial charge on any atom is -0.389 e. The average Bonchev–Trinajstić information content (AvgIpc) is 2.85. The van der Waals surface area contributed by atoms with Crippen LogP contribution in [0, 0.1) is 0 Å². The summed E-state index contributed by atoms with van der Waals surface area (Å²) in [7, 11) is 0. The Morgan fingerprint density at radius 1 is 0.848 bits per heavy atom. The van der Waals surface area contributed by atoms with Gasteiger partial charge in [0.2, 0.25) is 0 Å². The number of benzene rings is 2. The Morgan fingerprint density at radius 2 is 1.48 bits per heavy atom. The van der Waals surface area contributed by atoms with Crippen LogP contribution in [0.5, 0.6) is 0 Å². The lowest BCUT2D eigenvalue weighted by molar-refractivity contribution is -0.190. The zero-order valence-corrected chi connectivity index (χ0v) is 20.3. The number of rotatable bonds is 14. The standard InChI is InChI=1S/C28H41NO4/c1-3-5-17-29-19-26(32-18-6-4-2)28(33-21-24-15-11-8-12-16-24)27(30)25(29)22-31-20-23-13-9-7-10-14-23/h7-16,25-28,30H,3-6,17-22H2,1-2H3/t25-,26+,27-,28-/m1/s1. The van der Waals surface area contributed by atoms with Crippen molar-refractivity contribution in [2.45, 2.75) is 77.1 Å². The molecule has 1 fully saturated rings. The lowest BCUT2D eigenvalue weighted by Crippen LogP contribution is -2.64. The van der Waals surface area contributed by atoms with Gasteiger partial charge in [0.05, 0.1) is 32.0 Å². The summed E-state index contributed by atoms with van der Waals surface area (Å²) >= 11 is 0. The molecule has 0 amide bonds. The molecule has 0 unspecified atom stereocenters. The van der Waals surface area contributed by atoms with Crippen molar-refractivity contribution in [2.24, 2.45) is 0 Å². The van der Waals surface area contributed by atoms with E-state index in [1.165, 1.54) is 0 Å². The van der Waals surface area contributed by atoms with Gasteiger partial charge in [0.15, 0.2) is 0 Å². The predicted octanol–water partition coefficient (Wildman–Crippen LogP) is 4.82. The first-order chi connectivity index (χ1) is 16.2. The Balaban J connectivity index is 1.69. The highest BCUT2D eigenvalue weighted by Gasteiger charge is 2.44. The fraction of sp³-hybridized carbons (Fsp3) is 0.571. The SMILES string of the molecule is CCCCO[C@H]1CN(CCCC)[C@H](COCc2ccccc2)[C@@H](O)[C@@H]1OCc1ccccc1. The van der Waals surface area contributed by atoms with Crippen molar-refractivity contribution >= 4 is 0 Å². The summed E-state index contributed by atoms with van der Waals surface area (Å²) in [6.07, 6.45) is 3.07. The Labute approximate surface area is 199 Å². The molecule has 5 heteroatoms. The highest BCUT2D eigenvalue weighted by atomic mass is 16.6. The predicted molar refractivity (Wildman–Crippen MR) is 132 cm³/mol. The largest absolute Gasteiger partial charge is 0.389 e. The van der Waals surface area contributed by atoms with Crippen LogP contribution >= 0.6 is 0 Å². The van der Waals surface area contributed by atoms with Crippen molar-refractivity contribution in [3.8, 4) is 0 Å². The van der Waals surface area contributed by atoms with E-state index in [9.17, 15) is 5.11 Å². The Morgan fingerprint density at radius 3 is 2.12 bits per heavy atom. The summed E-state index contributed by atoms with van der Waals surface area (Å²) < 4.78 is 18.7. The minimum absolute atomic E-state index is 0.118. The average molecular weight is 456 g/mol. The van der Waals surface area contributed by atoms with Gasteiger partial charge in [-0.2, -0.15) is 0 Å². The molecular weight excluding hydrogens is 414 g/mol. The molecule has 1 aliphatic rings. The van der Waals surface area contributed by atoms with E-state index in [1.54, 1.807) is 0 Å². The second kappa shape index (κ2) is 14.5. The number of hydrogen-bond acceptors (Lipinski definition) is 5. The molecule has 2 aromatic carbocycles. The number of aliphatic hydroxyl groups excluding tert-OH is 1. The molecule has 1 saturated heterocycles. The molecule has 0 saturated carbocycles. The van der Waals surface area contributed by atoms with Crippen LogP contribution in [0.25, 0.3) is 0 Å². The number of ether oxygens (including phenoxy) is 3. The third kappa shape index (κ3) is 8.20. The van der Waals surface area contributed by atoms with Crippen LogP contribution in [0.3, 0.4) is 0 Å². The van der Waals surface area contributed by atoms with Gasteiger partial charge < -0.3 is 19.3 Å². The number of likely N-dealkylation sites (tertiary alicyclic amines) is 1. The molecule has 0 bridgehead atoms. The first kappa shape index (κ1) is 25.9. The van der Waals surface area contributed by atoms with E-state index in [4.69, 9.17) is 14.2 Å². The molecule has 1 N–H and O–H groups in total. The van der Waals surface area contributed by atoms with Crippen molar-refractivity contribution in [2.75, 3.05) is 26.3 Å². The number of unbranched alkanes of at least 4 members (excludes halogenated alkanes) is 2. The summed E-state index contributed by atoms with van der Waals surface area (Å²) in [5.41, 5.74) is 2.24. The third-order valence-electron chi connectivity index (χ3n) is 6.29. The number of hydrogen-bond donors (Lipinski definition) is 1. The van der Waals surface area contributed by atoms with Gasteiger partial charge in [0, 0.05) is 13.2 Å². The molecule has 0 radical (unpaired) electrons. The first-order valence-electron chi connectivity index (χ1n) is 12.5. The number of nitrogens with zero attached hydrogens (tertiary/aromatic N) is 1. The van der Waals surface area contributed by atoms with Crippen LogP contribution < -0.4 is 0 Å². The van der Waals surface area contributed by atoms with E-state index in [0.717, 1.165) is 49.9 Å². The van der Waals surface area contributed by atoms with Crippen molar-refractivity contribution in [1.29, 1.82) is 0 Å². The number of piperidine rings is 1. The molecule has 3 rings (SSSR count). The molecule has 0 aromatic heterocycles. The van der Waals surface area contributed by atoms with E-state index in [-0.39, 0.29) is 18.2 Å². The molecule has 1 heterocycles. The van der Waals surface area contributed by atoms with Crippen molar-refractivity contribution in [3.05, 3.63) is 71.8 Å². The van der Waals surface area contributed by atoms with Gasteiger partial charge in [0.25, 0.3) is 0 Å². The fourth-order valence-electron chi connectivity index (χ4n) is 4.32. The van der Waals surface area contributed by atoms with Gasteiger partial charge in [-0.1, -0.05) is 87.4 Å². The summed E-state index contributed by atoms with van der Waals surface area (Å²) in [5.74, 6) is 0. The first-order valence-corrected chi connectivity index (χ1v) is 12.5. The summed E-state index contributed by atoms with van der Waals surface area (Å²) in [6, 6.07) is 20.2. The van der Waals surface area contributed by atoms with E-state index in [2.05, 4.69) is 43.0 Å². The summed E-state index contributed by atoms with van der Waals surface area (Å²) in [6.45, 7) is 8.19. The van der Waals surface area contributed by atoms with Gasteiger partial charge in [-0.15, -0.1) is 0 Å². The second-order valence-electron chi connectivity index (χ2n) is 8.93. The Bertz CT molecular complexity index is 757. The molecule has 33 heavy (non-hydrogen) atoms. The van der Waals surface area contributed by atoms with Crippen LogP contribution in [-0.2, 0) is 27.4 Å². The topological polar surface area (TPSA) is 51.2 Å². The molecule has 5 nitrogen and oxygen atoms in total. The zero-order valence-electron chi connectivity index (χ0n) is 20.3. The van der Waals surface area contributed by atoms with Crippen molar-refractivity contribution < 1.29 is 19.3 Å². The molecule has 0 aliphatic carbocycles. The van der Waals surface area contributed by atoms with Crippen LogP contribution in [-0.4, -0.2) is 60.7 Å². The van der Waals surface area contributed by atoms with E-state index < -0.39 is 6.10 Å². The minimum atomic E-state index is -0.679. The van der Waals surface area contributed by atoms with Crippen LogP contribution in [0.15, 0.2) is 60.7 Å². The second-order valence-corrected chi connectivity index (χ2v) is 8.93. The molecule has 182 valence electrons. The van der Waals surface area contributed by atoms with Crippen molar-refractivity contribution in [1.82, 2.24) is 4.90 Å². The van der Waals surface area contributed by atoms with Crippen LogP contribution in [0.1, 0.15) is 50.7 Å². The zero-order chi connectivity index (χ0) is 23.3. The van der Waals surface area contributed by atoms with E-state index in [1.807, 2.05) is 36.4 Å². The maximum atomic E-state index is 11.5. The maximum absolute atomic E-state index is 11.5. The highest BCUT2D eigenvalue weighted by Crippen LogP contribution is 2.26. The fourth-order valence-corrected chi connectivity index (χ4v) is 4.32. The molecule has 1 aliphatic heterocycles. The number of aliphatic hydroxyl groups is 1. The lowest BCUT2D eigenvalue weighted by Gasteiger charge is -2.46. The summed E-state index contributed by atoms with van der Waals surface area (Å²) in [4.78, 5) is 2.35.